The highest BCUT2D eigenvalue weighted by Gasteiger charge is 2.26. The van der Waals surface area contributed by atoms with Gasteiger partial charge in [-0.05, 0) is 46.5 Å². The van der Waals surface area contributed by atoms with Crippen LogP contribution in [0.25, 0.3) is 22.3 Å². The molecule has 0 heterocycles. The largest absolute Gasteiger partial charge is 0.423 e. The molecule has 0 radical (unpaired) electrons. The Morgan fingerprint density at radius 1 is 0.622 bits per heavy atom. The normalized spacial score (nSPS) is 10.9. The van der Waals surface area contributed by atoms with Gasteiger partial charge in [-0.15, -0.1) is 0 Å². The molecular weight excluding hydrogens is 460 g/mol. The van der Waals surface area contributed by atoms with Crippen LogP contribution in [-0.2, 0) is 15.0 Å². The highest BCUT2D eigenvalue weighted by molar-refractivity contribution is 5.86. The molecule has 184 valence electrons. The predicted molar refractivity (Wildman–Crippen MR) is 148 cm³/mol. The van der Waals surface area contributed by atoms with E-state index in [1.165, 1.54) is 0 Å². The molecule has 0 N–H and O–H groups in total. The summed E-state index contributed by atoms with van der Waals surface area (Å²) in [4.78, 5) is 24.0. The Kier molecular flexibility index (Phi) is 7.49. The van der Waals surface area contributed by atoms with E-state index in [2.05, 4.69) is 39.1 Å². The van der Waals surface area contributed by atoms with Crippen molar-refractivity contribution in [1.29, 1.82) is 0 Å². The average molecular weight is 489 g/mol. The monoisotopic (exact) mass is 488 g/mol. The second-order valence-corrected chi connectivity index (χ2v) is 9.03. The maximum atomic E-state index is 12.0. The molecule has 0 bridgehead atoms. The first-order valence-corrected chi connectivity index (χ1v) is 11.9. The summed E-state index contributed by atoms with van der Waals surface area (Å²) in [7, 11) is 0. The third kappa shape index (κ3) is 5.60. The molecule has 0 saturated carbocycles. The maximum absolute atomic E-state index is 12.0. The van der Waals surface area contributed by atoms with Gasteiger partial charge in [-0.2, -0.15) is 0 Å². The molecule has 0 aliphatic rings. The zero-order valence-corrected chi connectivity index (χ0v) is 20.9. The van der Waals surface area contributed by atoms with Crippen molar-refractivity contribution in [3.8, 4) is 33.8 Å². The Labute approximate surface area is 217 Å². The summed E-state index contributed by atoms with van der Waals surface area (Å²) in [6.45, 7) is 11.3. The Hall–Kier alpha value is -4.70. The van der Waals surface area contributed by atoms with Crippen LogP contribution in [0.2, 0.25) is 0 Å². The molecule has 0 spiro atoms. The van der Waals surface area contributed by atoms with Gasteiger partial charge >= 0.3 is 11.9 Å². The van der Waals surface area contributed by atoms with Crippen LogP contribution in [0.4, 0.5) is 0 Å². The minimum absolute atomic E-state index is 0.436. The van der Waals surface area contributed by atoms with Crippen molar-refractivity contribution >= 4 is 11.9 Å². The SMILES string of the molecule is C=CC(=O)Oc1ccc(C(C)(C)c2ccc(OC(=O)C=C)c(-c3ccccc3)c2)cc1-c1ccccc1. The molecule has 0 amide bonds. The second kappa shape index (κ2) is 10.9. The minimum Gasteiger partial charge on any atom is -0.423 e. The van der Waals surface area contributed by atoms with E-state index < -0.39 is 17.4 Å². The average Bonchev–Trinajstić information content (AvgIpc) is 2.94. The molecule has 0 saturated heterocycles. The van der Waals surface area contributed by atoms with Crippen molar-refractivity contribution in [1.82, 2.24) is 0 Å². The standard InChI is InChI=1S/C33H28O4/c1-5-31(34)36-29-19-17-25(21-27(29)23-13-9-7-10-14-23)33(3,4)26-18-20-30(37-32(35)6-2)28(22-26)24-15-11-8-12-16-24/h5-22H,1-2H2,3-4H3. The molecule has 4 rings (SSSR count). The van der Waals surface area contributed by atoms with Crippen LogP contribution in [0.5, 0.6) is 11.5 Å². The van der Waals surface area contributed by atoms with Gasteiger partial charge in [0.15, 0.2) is 0 Å². The fourth-order valence-electron chi connectivity index (χ4n) is 4.17. The zero-order valence-electron chi connectivity index (χ0n) is 20.9. The van der Waals surface area contributed by atoms with Crippen LogP contribution in [-0.4, -0.2) is 11.9 Å². The summed E-state index contributed by atoms with van der Waals surface area (Å²) in [5.41, 5.74) is 5.10. The van der Waals surface area contributed by atoms with Gasteiger partial charge in [0.25, 0.3) is 0 Å². The van der Waals surface area contributed by atoms with Gasteiger partial charge in [0, 0.05) is 28.7 Å². The van der Waals surface area contributed by atoms with E-state index in [0.29, 0.717) is 11.5 Å². The Balaban J connectivity index is 1.83. The summed E-state index contributed by atoms with van der Waals surface area (Å²) >= 11 is 0. The van der Waals surface area contributed by atoms with Crippen LogP contribution in [0.15, 0.2) is 122 Å². The number of carbonyl (C=O) groups is 2. The van der Waals surface area contributed by atoms with Crippen molar-refractivity contribution in [2.45, 2.75) is 19.3 Å². The van der Waals surface area contributed by atoms with Crippen LogP contribution in [0.3, 0.4) is 0 Å². The highest BCUT2D eigenvalue weighted by Crippen LogP contribution is 2.41. The van der Waals surface area contributed by atoms with Crippen molar-refractivity contribution in [3.63, 3.8) is 0 Å². The Morgan fingerprint density at radius 3 is 1.35 bits per heavy atom. The third-order valence-corrected chi connectivity index (χ3v) is 6.33. The quantitative estimate of drug-likeness (QED) is 0.146. The molecule has 0 aliphatic carbocycles. The molecule has 4 heteroatoms. The first kappa shape index (κ1) is 25.4. The molecule has 37 heavy (non-hydrogen) atoms. The van der Waals surface area contributed by atoms with Crippen molar-refractivity contribution < 1.29 is 19.1 Å². The van der Waals surface area contributed by atoms with Crippen molar-refractivity contribution in [2.75, 3.05) is 0 Å². The number of hydrogen-bond acceptors (Lipinski definition) is 4. The van der Waals surface area contributed by atoms with Gasteiger partial charge in [-0.25, -0.2) is 9.59 Å². The number of rotatable bonds is 8. The summed E-state index contributed by atoms with van der Waals surface area (Å²) in [6, 6.07) is 31.3. The first-order valence-electron chi connectivity index (χ1n) is 11.9. The minimum atomic E-state index is -0.513. The van der Waals surface area contributed by atoms with Crippen molar-refractivity contribution in [3.05, 3.63) is 133 Å². The lowest BCUT2D eigenvalue weighted by atomic mass is 9.76. The predicted octanol–water partition coefficient (Wildman–Crippen LogP) is 7.53. The third-order valence-electron chi connectivity index (χ3n) is 6.33. The van der Waals surface area contributed by atoms with E-state index in [4.69, 9.17) is 9.47 Å². The molecule has 0 fully saturated rings. The van der Waals surface area contributed by atoms with Gasteiger partial charge in [-0.3, -0.25) is 0 Å². The second-order valence-electron chi connectivity index (χ2n) is 9.03. The van der Waals surface area contributed by atoms with E-state index in [1.807, 2.05) is 84.9 Å². The highest BCUT2D eigenvalue weighted by atomic mass is 16.5. The molecule has 0 atom stereocenters. The van der Waals surface area contributed by atoms with E-state index in [0.717, 1.165) is 45.5 Å². The molecule has 0 aromatic heterocycles. The van der Waals surface area contributed by atoms with Gasteiger partial charge in [-0.1, -0.05) is 99.8 Å². The van der Waals surface area contributed by atoms with Gasteiger partial charge in [0.1, 0.15) is 11.5 Å². The lowest BCUT2D eigenvalue weighted by Crippen LogP contribution is -2.19. The number of carbonyl (C=O) groups excluding carboxylic acids is 2. The van der Waals surface area contributed by atoms with Crippen molar-refractivity contribution in [2.24, 2.45) is 0 Å². The van der Waals surface area contributed by atoms with Crippen LogP contribution in [0, 0.1) is 0 Å². The van der Waals surface area contributed by atoms with Crippen LogP contribution >= 0.6 is 0 Å². The number of hydrogen-bond donors (Lipinski definition) is 0. The molecular formula is C33H28O4. The summed E-state index contributed by atoms with van der Waals surface area (Å²) in [5, 5.41) is 0. The molecule has 4 nitrogen and oxygen atoms in total. The maximum Gasteiger partial charge on any atom is 0.335 e. The Morgan fingerprint density at radius 2 is 1.00 bits per heavy atom. The van der Waals surface area contributed by atoms with Gasteiger partial charge < -0.3 is 9.47 Å². The molecule has 0 aliphatic heterocycles. The number of ether oxygens (including phenoxy) is 2. The lowest BCUT2D eigenvalue weighted by Gasteiger charge is -2.28. The van der Waals surface area contributed by atoms with E-state index >= 15 is 0 Å². The fourth-order valence-corrected chi connectivity index (χ4v) is 4.17. The summed E-state index contributed by atoms with van der Waals surface area (Å²) in [5.74, 6) is -0.0951. The smallest absolute Gasteiger partial charge is 0.335 e. The zero-order chi connectivity index (χ0) is 26.4. The molecule has 4 aromatic carbocycles. The van der Waals surface area contributed by atoms with E-state index in [9.17, 15) is 9.59 Å². The Bertz CT molecular complexity index is 1340. The molecule has 0 unspecified atom stereocenters. The van der Waals surface area contributed by atoms with Gasteiger partial charge in [0.05, 0.1) is 0 Å². The van der Waals surface area contributed by atoms with E-state index in [1.54, 1.807) is 0 Å². The lowest BCUT2D eigenvalue weighted by molar-refractivity contribution is -0.129. The topological polar surface area (TPSA) is 52.6 Å². The van der Waals surface area contributed by atoms with E-state index in [-0.39, 0.29) is 0 Å². The fraction of sp³-hybridized carbons (Fsp3) is 0.0909. The number of benzene rings is 4. The molecule has 4 aromatic rings. The summed E-state index contributed by atoms with van der Waals surface area (Å²) in [6.07, 6.45) is 2.30. The summed E-state index contributed by atoms with van der Waals surface area (Å²) < 4.78 is 11.1. The van der Waals surface area contributed by atoms with Crippen LogP contribution in [0.1, 0.15) is 25.0 Å². The van der Waals surface area contributed by atoms with Crippen LogP contribution < -0.4 is 9.47 Å². The number of esters is 2. The van der Waals surface area contributed by atoms with Gasteiger partial charge in [0.2, 0.25) is 0 Å². The first-order chi connectivity index (χ1) is 17.8.